The van der Waals surface area contributed by atoms with E-state index in [4.69, 9.17) is 4.74 Å². The van der Waals surface area contributed by atoms with Crippen LogP contribution in [0.25, 0.3) is 0 Å². The Bertz CT molecular complexity index is 792. The zero-order chi connectivity index (χ0) is 16.7. The number of ether oxygens (including phenoxy) is 1. The highest BCUT2D eigenvalue weighted by atomic mass is 19.1. The molecule has 1 saturated carbocycles. The summed E-state index contributed by atoms with van der Waals surface area (Å²) in [5, 5.41) is 0. The molecule has 2 aromatic carbocycles. The van der Waals surface area contributed by atoms with E-state index in [2.05, 4.69) is 0 Å². The van der Waals surface area contributed by atoms with E-state index < -0.39 is 17.6 Å². The van der Waals surface area contributed by atoms with Crippen molar-refractivity contribution in [2.24, 2.45) is 0 Å². The Hall–Kier alpha value is -2.69. The number of nitrogens with zero attached hydrogens (tertiary/aromatic N) is 1. The number of anilines is 1. The number of carbonyl (C=O) groups is 2. The third kappa shape index (κ3) is 2.28. The number of para-hydroxylation sites is 1. The van der Waals surface area contributed by atoms with Crippen molar-refractivity contribution in [1.82, 2.24) is 0 Å². The smallest absolute Gasteiger partial charge is 0.266 e. The molecule has 0 N–H and O–H groups in total. The molecule has 5 heteroatoms. The predicted octanol–water partition coefficient (Wildman–Crippen LogP) is 3.95. The molecule has 122 valence electrons. The molecule has 0 atom stereocenters. The van der Waals surface area contributed by atoms with Crippen molar-refractivity contribution in [1.29, 1.82) is 0 Å². The van der Waals surface area contributed by atoms with Crippen LogP contribution in [0.1, 0.15) is 46.4 Å². The van der Waals surface area contributed by atoms with Crippen LogP contribution in [-0.2, 0) is 0 Å². The van der Waals surface area contributed by atoms with Crippen molar-refractivity contribution >= 4 is 17.5 Å². The van der Waals surface area contributed by atoms with Gasteiger partial charge in [0.2, 0.25) is 0 Å². The fourth-order valence-electron chi connectivity index (χ4n) is 3.39. The summed E-state index contributed by atoms with van der Waals surface area (Å²) < 4.78 is 20.4. The van der Waals surface area contributed by atoms with Crippen LogP contribution in [0.3, 0.4) is 0 Å². The van der Waals surface area contributed by atoms with Crippen LogP contribution in [0.4, 0.5) is 10.1 Å². The maximum atomic E-state index is 14.5. The molecule has 24 heavy (non-hydrogen) atoms. The van der Waals surface area contributed by atoms with Gasteiger partial charge in [-0.25, -0.2) is 9.29 Å². The summed E-state index contributed by atoms with van der Waals surface area (Å²) in [6.45, 7) is 0. The molecule has 0 aromatic heterocycles. The largest absolute Gasteiger partial charge is 0.488 e. The molecule has 0 unspecified atom stereocenters. The quantitative estimate of drug-likeness (QED) is 0.803. The summed E-state index contributed by atoms with van der Waals surface area (Å²) in [4.78, 5) is 26.2. The van der Waals surface area contributed by atoms with E-state index in [0.29, 0.717) is 0 Å². The number of benzene rings is 2. The number of amides is 2. The Morgan fingerprint density at radius 2 is 1.54 bits per heavy atom. The third-order valence-corrected chi connectivity index (χ3v) is 4.56. The van der Waals surface area contributed by atoms with Gasteiger partial charge in [-0.3, -0.25) is 9.59 Å². The van der Waals surface area contributed by atoms with Crippen LogP contribution in [0.5, 0.6) is 5.75 Å². The molecular weight excluding hydrogens is 309 g/mol. The second-order valence-corrected chi connectivity index (χ2v) is 6.10. The lowest BCUT2D eigenvalue weighted by atomic mass is 10.1. The zero-order valence-electron chi connectivity index (χ0n) is 13.0. The Balaban J connectivity index is 1.77. The van der Waals surface area contributed by atoms with Crippen molar-refractivity contribution in [3.05, 3.63) is 59.4 Å². The molecule has 0 saturated heterocycles. The zero-order valence-corrected chi connectivity index (χ0v) is 13.0. The standard InChI is InChI=1S/C19H16FNO3/c20-15-10-5-11-16(24-12-6-1-2-7-12)17(15)21-18(22)13-8-3-4-9-14(13)19(21)23/h3-5,8-12H,1-2,6-7H2. The number of halogens is 1. The molecule has 0 spiro atoms. The van der Waals surface area contributed by atoms with Crippen LogP contribution in [0, 0.1) is 5.82 Å². The highest BCUT2D eigenvalue weighted by Gasteiger charge is 2.39. The number of hydrogen-bond donors (Lipinski definition) is 0. The van der Waals surface area contributed by atoms with Gasteiger partial charge < -0.3 is 4.74 Å². The number of imide groups is 1. The van der Waals surface area contributed by atoms with Gasteiger partial charge >= 0.3 is 0 Å². The Morgan fingerprint density at radius 1 is 0.917 bits per heavy atom. The van der Waals surface area contributed by atoms with Crippen LogP contribution in [-0.4, -0.2) is 17.9 Å². The summed E-state index contributed by atoms with van der Waals surface area (Å²) in [5.41, 5.74) is 0.491. The van der Waals surface area contributed by atoms with Crippen LogP contribution < -0.4 is 9.64 Å². The van der Waals surface area contributed by atoms with E-state index in [1.54, 1.807) is 30.3 Å². The molecule has 1 heterocycles. The summed E-state index contributed by atoms with van der Waals surface area (Å²) in [7, 11) is 0. The van der Waals surface area contributed by atoms with Crippen molar-refractivity contribution in [2.75, 3.05) is 4.90 Å². The van der Waals surface area contributed by atoms with Gasteiger partial charge in [0.05, 0.1) is 17.2 Å². The average Bonchev–Trinajstić information content (AvgIpc) is 3.17. The number of rotatable bonds is 3. The molecule has 2 aliphatic rings. The fraction of sp³-hybridized carbons (Fsp3) is 0.263. The summed E-state index contributed by atoms with van der Waals surface area (Å²) >= 11 is 0. The summed E-state index contributed by atoms with van der Waals surface area (Å²) in [5.74, 6) is -1.43. The van der Waals surface area contributed by atoms with Gasteiger partial charge in [0.15, 0.2) is 5.82 Å². The molecule has 1 aliphatic carbocycles. The molecule has 2 aromatic rings. The lowest BCUT2D eigenvalue weighted by Crippen LogP contribution is -2.31. The number of hydrogen-bond acceptors (Lipinski definition) is 3. The van der Waals surface area contributed by atoms with E-state index in [9.17, 15) is 14.0 Å². The minimum atomic E-state index is -0.639. The van der Waals surface area contributed by atoms with Gasteiger partial charge in [-0.2, -0.15) is 0 Å². The van der Waals surface area contributed by atoms with E-state index >= 15 is 0 Å². The minimum Gasteiger partial charge on any atom is -0.488 e. The molecule has 0 bridgehead atoms. The molecular formula is C19H16FNO3. The second-order valence-electron chi connectivity index (χ2n) is 6.10. The topological polar surface area (TPSA) is 46.6 Å². The highest BCUT2D eigenvalue weighted by Crippen LogP contribution is 2.38. The molecule has 1 fully saturated rings. The first-order valence-electron chi connectivity index (χ1n) is 8.10. The summed E-state index contributed by atoms with van der Waals surface area (Å²) in [6.07, 6.45) is 3.95. The Labute approximate surface area is 138 Å². The lowest BCUT2D eigenvalue weighted by Gasteiger charge is -2.21. The van der Waals surface area contributed by atoms with Gasteiger partial charge in [-0.1, -0.05) is 18.2 Å². The first-order valence-corrected chi connectivity index (χ1v) is 8.10. The van der Waals surface area contributed by atoms with E-state index in [1.807, 2.05) is 0 Å². The van der Waals surface area contributed by atoms with Gasteiger partial charge in [-0.15, -0.1) is 0 Å². The molecule has 4 nitrogen and oxygen atoms in total. The van der Waals surface area contributed by atoms with Crippen LogP contribution >= 0.6 is 0 Å². The number of carbonyl (C=O) groups excluding carboxylic acids is 2. The predicted molar refractivity (Wildman–Crippen MR) is 86.9 cm³/mol. The van der Waals surface area contributed by atoms with Crippen LogP contribution in [0.15, 0.2) is 42.5 Å². The molecule has 4 rings (SSSR count). The fourth-order valence-corrected chi connectivity index (χ4v) is 3.39. The maximum Gasteiger partial charge on any atom is 0.266 e. The second kappa shape index (κ2) is 5.74. The first kappa shape index (κ1) is 14.9. The van der Waals surface area contributed by atoms with Gasteiger partial charge in [0.25, 0.3) is 11.8 Å². The van der Waals surface area contributed by atoms with Crippen molar-refractivity contribution in [3.63, 3.8) is 0 Å². The number of fused-ring (bicyclic) bond motifs is 1. The molecule has 2 amide bonds. The van der Waals surface area contributed by atoms with Crippen molar-refractivity contribution < 1.29 is 18.7 Å². The lowest BCUT2D eigenvalue weighted by molar-refractivity contribution is 0.0922. The highest BCUT2D eigenvalue weighted by molar-refractivity contribution is 6.34. The van der Waals surface area contributed by atoms with Gasteiger partial charge in [0.1, 0.15) is 11.4 Å². The maximum absolute atomic E-state index is 14.5. The monoisotopic (exact) mass is 325 g/mol. The van der Waals surface area contributed by atoms with Gasteiger partial charge in [-0.05, 0) is 49.9 Å². The Morgan fingerprint density at radius 3 is 2.17 bits per heavy atom. The van der Waals surface area contributed by atoms with E-state index in [-0.39, 0.29) is 28.7 Å². The average molecular weight is 325 g/mol. The van der Waals surface area contributed by atoms with Crippen LogP contribution in [0.2, 0.25) is 0 Å². The van der Waals surface area contributed by atoms with E-state index in [0.717, 1.165) is 30.6 Å². The first-order chi connectivity index (χ1) is 11.7. The Kier molecular flexibility index (Phi) is 3.56. The SMILES string of the molecule is O=C1c2ccccc2C(=O)N1c1c(F)cccc1OC1CCCC1. The normalized spacial score (nSPS) is 17.5. The minimum absolute atomic E-state index is 0.000678. The summed E-state index contributed by atoms with van der Waals surface area (Å²) in [6, 6.07) is 10.9. The van der Waals surface area contributed by atoms with E-state index in [1.165, 1.54) is 12.1 Å². The third-order valence-electron chi connectivity index (χ3n) is 4.56. The molecule has 0 radical (unpaired) electrons. The van der Waals surface area contributed by atoms with Gasteiger partial charge in [0, 0.05) is 0 Å². The van der Waals surface area contributed by atoms with Crippen molar-refractivity contribution in [3.8, 4) is 5.75 Å². The molecule has 1 aliphatic heterocycles. The van der Waals surface area contributed by atoms with Crippen molar-refractivity contribution in [2.45, 2.75) is 31.8 Å².